The van der Waals surface area contributed by atoms with Crippen molar-refractivity contribution in [1.29, 1.82) is 0 Å². The summed E-state index contributed by atoms with van der Waals surface area (Å²) in [5, 5.41) is 2.70. The van der Waals surface area contributed by atoms with E-state index in [1.807, 2.05) is 30.3 Å². The van der Waals surface area contributed by atoms with Crippen LogP contribution < -0.4 is 9.47 Å². The second-order valence-corrected chi connectivity index (χ2v) is 5.67. The van der Waals surface area contributed by atoms with Gasteiger partial charge in [-0.25, -0.2) is 0 Å². The number of hydrogen-bond acceptors (Lipinski definition) is 2. The first-order valence-corrected chi connectivity index (χ1v) is 8.12. The Morgan fingerprint density at radius 3 is 2.57 bits per heavy atom. The number of unbranched alkanes of at least 4 members (excludes halogenated alkanes) is 3. The number of ether oxygens (including phenoxy) is 2. The van der Waals surface area contributed by atoms with Crippen LogP contribution in [0.25, 0.3) is 10.8 Å². The van der Waals surface area contributed by atoms with Gasteiger partial charge in [0.2, 0.25) is 0 Å². The highest BCUT2D eigenvalue weighted by Crippen LogP contribution is 2.34. The van der Waals surface area contributed by atoms with E-state index in [9.17, 15) is 0 Å². The Morgan fingerprint density at radius 2 is 1.81 bits per heavy atom. The van der Waals surface area contributed by atoms with Gasteiger partial charge in [0.05, 0.1) is 18.7 Å². The second-order valence-electron chi connectivity index (χ2n) is 4.92. The van der Waals surface area contributed by atoms with E-state index in [1.165, 1.54) is 0 Å². The molecule has 21 heavy (non-hydrogen) atoms. The van der Waals surface area contributed by atoms with Gasteiger partial charge in [-0.2, -0.15) is 0 Å². The molecule has 0 atom stereocenters. The average molecular weight is 327 g/mol. The summed E-state index contributed by atoms with van der Waals surface area (Å²) in [5.41, 5.74) is 0. The third-order valence-corrected chi connectivity index (χ3v) is 4.07. The van der Waals surface area contributed by atoms with E-state index in [1.54, 1.807) is 7.11 Å². The lowest BCUT2D eigenvalue weighted by Crippen LogP contribution is -1.98. The van der Waals surface area contributed by atoms with Crippen LogP contribution >= 0.6 is 23.2 Å². The molecule has 2 rings (SSSR count). The summed E-state index contributed by atoms with van der Waals surface area (Å²) in [6.07, 6.45) is 4.38. The Kier molecular flexibility index (Phi) is 6.47. The van der Waals surface area contributed by atoms with Crippen LogP contribution in [0.4, 0.5) is 0 Å². The van der Waals surface area contributed by atoms with Crippen LogP contribution in [0, 0.1) is 0 Å². The van der Waals surface area contributed by atoms with Gasteiger partial charge < -0.3 is 9.47 Å². The van der Waals surface area contributed by atoms with E-state index >= 15 is 0 Å². The number of benzene rings is 2. The van der Waals surface area contributed by atoms with Crippen LogP contribution in [0.2, 0.25) is 5.02 Å². The lowest BCUT2D eigenvalue weighted by molar-refractivity contribution is 0.305. The second kappa shape index (κ2) is 8.35. The highest BCUT2D eigenvalue weighted by Gasteiger charge is 2.07. The molecule has 0 heterocycles. The van der Waals surface area contributed by atoms with E-state index in [-0.39, 0.29) is 0 Å². The van der Waals surface area contributed by atoms with Crippen LogP contribution in [0.5, 0.6) is 11.5 Å². The molecule has 114 valence electrons. The number of hydrogen-bond donors (Lipinski definition) is 0. The maximum absolute atomic E-state index is 6.42. The number of alkyl halides is 1. The van der Waals surface area contributed by atoms with Gasteiger partial charge >= 0.3 is 0 Å². The third-order valence-electron chi connectivity index (χ3n) is 3.41. The fourth-order valence-corrected chi connectivity index (χ4v) is 2.70. The normalized spacial score (nSPS) is 10.8. The summed E-state index contributed by atoms with van der Waals surface area (Å²) in [5.74, 6) is 2.30. The fourth-order valence-electron chi connectivity index (χ4n) is 2.22. The van der Waals surface area contributed by atoms with Crippen molar-refractivity contribution in [3.05, 3.63) is 35.4 Å². The predicted octanol–water partition coefficient (Wildman–Crippen LogP) is 5.68. The zero-order valence-electron chi connectivity index (χ0n) is 12.2. The van der Waals surface area contributed by atoms with Crippen molar-refractivity contribution in [1.82, 2.24) is 0 Å². The molecule has 2 aromatic rings. The minimum atomic E-state index is 0.663. The molecule has 0 radical (unpaired) electrons. The number of methoxy groups -OCH3 is 1. The molecular formula is C17H20Cl2O2. The Bertz CT molecular complexity index is 584. The highest BCUT2D eigenvalue weighted by molar-refractivity contribution is 6.37. The van der Waals surface area contributed by atoms with Crippen LogP contribution in [-0.4, -0.2) is 19.6 Å². The fraction of sp³-hybridized carbons (Fsp3) is 0.412. The first-order valence-electron chi connectivity index (χ1n) is 7.21. The molecular weight excluding hydrogens is 307 g/mol. The predicted molar refractivity (Wildman–Crippen MR) is 90.2 cm³/mol. The highest BCUT2D eigenvalue weighted by atomic mass is 35.5. The molecule has 0 fully saturated rings. The Balaban J connectivity index is 1.99. The summed E-state index contributed by atoms with van der Waals surface area (Å²) in [6.45, 7) is 0.684. The molecule has 0 saturated heterocycles. The van der Waals surface area contributed by atoms with Gasteiger partial charge in [-0.15, -0.1) is 11.6 Å². The van der Waals surface area contributed by atoms with Crippen LogP contribution in [0.3, 0.4) is 0 Å². The van der Waals surface area contributed by atoms with Gasteiger partial charge in [-0.05, 0) is 42.5 Å². The van der Waals surface area contributed by atoms with Gasteiger partial charge in [0.25, 0.3) is 0 Å². The van der Waals surface area contributed by atoms with E-state index in [0.717, 1.165) is 53.8 Å². The van der Waals surface area contributed by atoms with E-state index in [4.69, 9.17) is 32.7 Å². The smallest absolute Gasteiger partial charge is 0.138 e. The largest absolute Gasteiger partial charge is 0.497 e. The van der Waals surface area contributed by atoms with Crippen LogP contribution in [0.15, 0.2) is 30.3 Å². The molecule has 0 aliphatic carbocycles. The molecule has 0 amide bonds. The van der Waals surface area contributed by atoms with Crippen molar-refractivity contribution in [3.8, 4) is 11.5 Å². The molecule has 0 N–H and O–H groups in total. The third kappa shape index (κ3) is 4.42. The quantitative estimate of drug-likeness (QED) is 0.459. The molecule has 2 aromatic carbocycles. The van der Waals surface area contributed by atoms with Crippen molar-refractivity contribution >= 4 is 34.0 Å². The summed E-state index contributed by atoms with van der Waals surface area (Å²) in [6, 6.07) is 9.76. The van der Waals surface area contributed by atoms with Gasteiger partial charge in [0, 0.05) is 11.3 Å². The Labute approximate surface area is 136 Å². The monoisotopic (exact) mass is 326 g/mol. The van der Waals surface area contributed by atoms with Crippen molar-refractivity contribution in [2.24, 2.45) is 0 Å². The van der Waals surface area contributed by atoms with Crippen LogP contribution in [-0.2, 0) is 0 Å². The maximum Gasteiger partial charge on any atom is 0.138 e. The molecule has 0 aliphatic heterocycles. The van der Waals surface area contributed by atoms with E-state index < -0.39 is 0 Å². The lowest BCUT2D eigenvalue weighted by atomic mass is 10.1. The summed E-state index contributed by atoms with van der Waals surface area (Å²) in [7, 11) is 1.66. The van der Waals surface area contributed by atoms with Crippen molar-refractivity contribution in [2.75, 3.05) is 19.6 Å². The first-order chi connectivity index (χ1) is 10.3. The summed E-state index contributed by atoms with van der Waals surface area (Å²) < 4.78 is 11.0. The number of fused-ring (bicyclic) bond motifs is 1. The summed E-state index contributed by atoms with van der Waals surface area (Å²) >= 11 is 12.1. The molecule has 2 nitrogen and oxygen atoms in total. The zero-order valence-corrected chi connectivity index (χ0v) is 13.7. The summed E-state index contributed by atoms with van der Waals surface area (Å²) in [4.78, 5) is 0. The Morgan fingerprint density at radius 1 is 1.00 bits per heavy atom. The average Bonchev–Trinajstić information content (AvgIpc) is 2.52. The number of rotatable bonds is 8. The molecule has 4 heteroatoms. The van der Waals surface area contributed by atoms with Crippen LogP contribution in [0.1, 0.15) is 25.7 Å². The molecule has 0 aliphatic rings. The first kappa shape index (κ1) is 16.3. The van der Waals surface area contributed by atoms with Gasteiger partial charge in [-0.3, -0.25) is 0 Å². The molecule has 0 unspecified atom stereocenters. The van der Waals surface area contributed by atoms with E-state index in [2.05, 4.69) is 0 Å². The van der Waals surface area contributed by atoms with Crippen molar-refractivity contribution < 1.29 is 9.47 Å². The zero-order chi connectivity index (χ0) is 15.1. The molecule has 0 aromatic heterocycles. The molecule has 0 saturated carbocycles. The lowest BCUT2D eigenvalue weighted by Gasteiger charge is -2.11. The van der Waals surface area contributed by atoms with Crippen molar-refractivity contribution in [3.63, 3.8) is 0 Å². The Hall–Kier alpha value is -1.12. The topological polar surface area (TPSA) is 18.5 Å². The van der Waals surface area contributed by atoms with Gasteiger partial charge in [0.15, 0.2) is 0 Å². The molecule has 0 bridgehead atoms. The van der Waals surface area contributed by atoms with Gasteiger partial charge in [-0.1, -0.05) is 30.5 Å². The minimum Gasteiger partial charge on any atom is -0.497 e. The molecule has 0 spiro atoms. The maximum atomic E-state index is 6.42. The van der Waals surface area contributed by atoms with Gasteiger partial charge in [0.1, 0.15) is 11.5 Å². The van der Waals surface area contributed by atoms with E-state index in [0.29, 0.717) is 11.6 Å². The minimum absolute atomic E-state index is 0.663. The van der Waals surface area contributed by atoms with Crippen molar-refractivity contribution in [2.45, 2.75) is 25.7 Å². The SMILES string of the molecule is COc1ccc2c(Cl)c(OCCCCCCCl)ccc2c1. The standard InChI is InChI=1S/C17H20Cl2O2/c1-20-14-7-8-15-13(12-14)6-9-16(17(15)19)21-11-5-3-2-4-10-18/h6-9,12H,2-5,10-11H2,1H3. The number of halogens is 2.